The summed E-state index contributed by atoms with van der Waals surface area (Å²) in [5.41, 5.74) is 2.39. The van der Waals surface area contributed by atoms with E-state index in [1.807, 2.05) is 38.2 Å². The molecule has 0 bridgehead atoms. The molecule has 2 atom stereocenters. The zero-order chi connectivity index (χ0) is 20.7. The maximum atomic E-state index is 11.7. The average molecular weight is 419 g/mol. The van der Waals surface area contributed by atoms with Crippen LogP contribution >= 0.6 is 0 Å². The Morgan fingerprint density at radius 2 is 1.97 bits per heavy atom. The van der Waals surface area contributed by atoms with Gasteiger partial charge in [-0.1, -0.05) is 37.3 Å². The van der Waals surface area contributed by atoms with Crippen molar-refractivity contribution in [3.8, 4) is 11.5 Å². The molecule has 158 valence electrons. The Balaban J connectivity index is 1.69. The lowest BCUT2D eigenvalue weighted by molar-refractivity contribution is 0.217. The summed E-state index contributed by atoms with van der Waals surface area (Å²) < 4.78 is 37.8. The van der Waals surface area contributed by atoms with Gasteiger partial charge in [-0.3, -0.25) is 0 Å². The van der Waals surface area contributed by atoms with E-state index in [0.29, 0.717) is 13.0 Å². The zero-order valence-corrected chi connectivity index (χ0v) is 17.9. The third-order valence-electron chi connectivity index (χ3n) is 5.12. The van der Waals surface area contributed by atoms with Crippen molar-refractivity contribution < 1.29 is 17.9 Å². The fourth-order valence-electron chi connectivity index (χ4n) is 3.66. The van der Waals surface area contributed by atoms with Crippen LogP contribution in [-0.4, -0.2) is 47.0 Å². The molecule has 0 saturated carbocycles. The Hall–Kier alpha value is -2.09. The largest absolute Gasteiger partial charge is 0.492 e. The highest BCUT2D eigenvalue weighted by molar-refractivity contribution is 7.89. The SMILES string of the molecule is CCCS(=O)(=O)NCCOc1ccc2c(c1)[C@H](Cc1ccccc1)[C@H](NC)CO2. The second-order valence-electron chi connectivity index (χ2n) is 7.26. The number of ether oxygens (including phenoxy) is 2. The van der Waals surface area contributed by atoms with E-state index in [1.54, 1.807) is 0 Å². The van der Waals surface area contributed by atoms with Gasteiger partial charge in [0.15, 0.2) is 0 Å². The van der Waals surface area contributed by atoms with Crippen molar-refractivity contribution in [3.63, 3.8) is 0 Å². The van der Waals surface area contributed by atoms with Gasteiger partial charge in [0.1, 0.15) is 24.7 Å². The summed E-state index contributed by atoms with van der Waals surface area (Å²) in [5, 5.41) is 3.37. The van der Waals surface area contributed by atoms with Crippen LogP contribution in [0.15, 0.2) is 48.5 Å². The van der Waals surface area contributed by atoms with E-state index >= 15 is 0 Å². The van der Waals surface area contributed by atoms with Gasteiger partial charge in [0.05, 0.1) is 5.75 Å². The van der Waals surface area contributed by atoms with Crippen molar-refractivity contribution in [3.05, 3.63) is 59.7 Å². The summed E-state index contributed by atoms with van der Waals surface area (Å²) in [7, 11) is -1.25. The molecule has 0 spiro atoms. The molecule has 6 nitrogen and oxygen atoms in total. The van der Waals surface area contributed by atoms with Crippen LogP contribution in [0.2, 0.25) is 0 Å². The standard InChI is InChI=1S/C22H30N2O4S/c1-3-13-29(25,26)24-11-12-27-18-9-10-22-20(15-18)19(21(23-2)16-28-22)14-17-7-5-4-6-8-17/h4-10,15,19,21,23-24H,3,11-14,16H2,1-2H3/t19-,21+/m0/s1. The monoisotopic (exact) mass is 418 g/mol. The molecular formula is C22H30N2O4S. The van der Waals surface area contributed by atoms with Gasteiger partial charge in [0, 0.05) is 24.1 Å². The lowest BCUT2D eigenvalue weighted by Gasteiger charge is -2.34. The van der Waals surface area contributed by atoms with Crippen molar-refractivity contribution in [1.82, 2.24) is 10.0 Å². The fourth-order valence-corrected chi connectivity index (χ4v) is 4.74. The summed E-state index contributed by atoms with van der Waals surface area (Å²) in [5.74, 6) is 2.00. The van der Waals surface area contributed by atoms with Crippen molar-refractivity contribution in [2.45, 2.75) is 31.7 Å². The first kappa shape index (κ1) is 21.6. The second kappa shape index (κ2) is 10.1. The summed E-state index contributed by atoms with van der Waals surface area (Å²) in [4.78, 5) is 0. The number of likely N-dealkylation sites (N-methyl/N-ethyl adjacent to an activating group) is 1. The van der Waals surface area contributed by atoms with Crippen LogP contribution in [0.5, 0.6) is 11.5 Å². The van der Waals surface area contributed by atoms with Crippen LogP contribution in [-0.2, 0) is 16.4 Å². The molecule has 2 aromatic carbocycles. The summed E-state index contributed by atoms with van der Waals surface area (Å²) in [6, 6.07) is 16.5. The fraction of sp³-hybridized carbons (Fsp3) is 0.455. The van der Waals surface area contributed by atoms with Crippen LogP contribution in [0, 0.1) is 0 Å². The van der Waals surface area contributed by atoms with E-state index in [1.165, 1.54) is 5.56 Å². The van der Waals surface area contributed by atoms with Gasteiger partial charge in [-0.2, -0.15) is 0 Å². The molecule has 0 amide bonds. The molecule has 7 heteroatoms. The second-order valence-corrected chi connectivity index (χ2v) is 9.19. The highest BCUT2D eigenvalue weighted by Gasteiger charge is 2.30. The molecule has 0 fully saturated rings. The molecule has 1 heterocycles. The molecule has 0 unspecified atom stereocenters. The first-order valence-corrected chi connectivity index (χ1v) is 11.8. The maximum Gasteiger partial charge on any atom is 0.211 e. The molecule has 29 heavy (non-hydrogen) atoms. The van der Waals surface area contributed by atoms with Crippen molar-refractivity contribution in [2.75, 3.05) is 32.6 Å². The molecule has 0 saturated heterocycles. The lowest BCUT2D eigenvalue weighted by Crippen LogP contribution is -2.41. The molecular weight excluding hydrogens is 388 g/mol. The van der Waals surface area contributed by atoms with E-state index in [0.717, 1.165) is 23.5 Å². The van der Waals surface area contributed by atoms with Crippen molar-refractivity contribution in [1.29, 1.82) is 0 Å². The normalized spacial score (nSPS) is 18.7. The molecule has 0 aliphatic carbocycles. The third-order valence-corrected chi connectivity index (χ3v) is 6.71. The van der Waals surface area contributed by atoms with Gasteiger partial charge in [-0.05, 0) is 43.7 Å². The topological polar surface area (TPSA) is 76.7 Å². The number of rotatable bonds is 10. The van der Waals surface area contributed by atoms with Crippen LogP contribution in [0.1, 0.15) is 30.4 Å². The van der Waals surface area contributed by atoms with Crippen molar-refractivity contribution in [2.24, 2.45) is 0 Å². The molecule has 0 aromatic heterocycles. The Labute approximate surface area is 173 Å². The number of benzene rings is 2. The molecule has 0 radical (unpaired) electrons. The number of sulfonamides is 1. The Kier molecular flexibility index (Phi) is 7.52. The van der Waals surface area contributed by atoms with E-state index in [9.17, 15) is 8.42 Å². The molecule has 2 N–H and O–H groups in total. The van der Waals surface area contributed by atoms with Crippen LogP contribution in [0.4, 0.5) is 0 Å². The summed E-state index contributed by atoms with van der Waals surface area (Å²) >= 11 is 0. The van der Waals surface area contributed by atoms with Crippen LogP contribution in [0.25, 0.3) is 0 Å². The van der Waals surface area contributed by atoms with E-state index < -0.39 is 10.0 Å². The highest BCUT2D eigenvalue weighted by atomic mass is 32.2. The first-order valence-electron chi connectivity index (χ1n) is 10.1. The Bertz CT molecular complexity index is 887. The summed E-state index contributed by atoms with van der Waals surface area (Å²) in [6.07, 6.45) is 1.50. The number of hydrogen-bond donors (Lipinski definition) is 2. The number of hydrogen-bond acceptors (Lipinski definition) is 5. The van der Waals surface area contributed by atoms with E-state index in [4.69, 9.17) is 9.47 Å². The minimum Gasteiger partial charge on any atom is -0.492 e. The van der Waals surface area contributed by atoms with Gasteiger partial charge in [-0.15, -0.1) is 0 Å². The Morgan fingerprint density at radius 1 is 1.17 bits per heavy atom. The van der Waals surface area contributed by atoms with E-state index in [-0.39, 0.29) is 30.9 Å². The molecule has 1 aliphatic rings. The minimum atomic E-state index is -3.21. The van der Waals surface area contributed by atoms with Crippen molar-refractivity contribution >= 4 is 10.0 Å². The first-order chi connectivity index (χ1) is 14.0. The maximum absolute atomic E-state index is 11.7. The van der Waals surface area contributed by atoms with E-state index in [2.05, 4.69) is 34.3 Å². The average Bonchev–Trinajstić information content (AvgIpc) is 2.72. The third kappa shape index (κ3) is 5.95. The molecule has 2 aromatic rings. The zero-order valence-electron chi connectivity index (χ0n) is 17.1. The molecule has 1 aliphatic heterocycles. The highest BCUT2D eigenvalue weighted by Crippen LogP contribution is 2.38. The van der Waals surface area contributed by atoms with Gasteiger partial charge < -0.3 is 14.8 Å². The van der Waals surface area contributed by atoms with Gasteiger partial charge >= 0.3 is 0 Å². The Morgan fingerprint density at radius 3 is 2.69 bits per heavy atom. The predicted octanol–water partition coefficient (Wildman–Crippen LogP) is 2.70. The number of fused-ring (bicyclic) bond motifs is 1. The smallest absolute Gasteiger partial charge is 0.211 e. The summed E-state index contributed by atoms with van der Waals surface area (Å²) in [6.45, 7) is 3.00. The lowest BCUT2D eigenvalue weighted by atomic mass is 9.84. The van der Waals surface area contributed by atoms with Gasteiger partial charge in [0.2, 0.25) is 10.0 Å². The van der Waals surface area contributed by atoms with Crippen LogP contribution in [0.3, 0.4) is 0 Å². The van der Waals surface area contributed by atoms with Gasteiger partial charge in [-0.25, -0.2) is 13.1 Å². The number of nitrogens with one attached hydrogen (secondary N) is 2. The quantitative estimate of drug-likeness (QED) is 0.580. The van der Waals surface area contributed by atoms with Crippen LogP contribution < -0.4 is 19.5 Å². The minimum absolute atomic E-state index is 0.135. The van der Waals surface area contributed by atoms with Gasteiger partial charge in [0.25, 0.3) is 0 Å². The predicted molar refractivity (Wildman–Crippen MR) is 115 cm³/mol. The molecule has 3 rings (SSSR count).